The van der Waals surface area contributed by atoms with Gasteiger partial charge in [0.15, 0.2) is 0 Å². The molecule has 2 unspecified atom stereocenters. The molecule has 1 saturated heterocycles. The van der Waals surface area contributed by atoms with Crippen LogP contribution in [0.4, 0.5) is 5.82 Å². The summed E-state index contributed by atoms with van der Waals surface area (Å²) < 4.78 is 6.84. The van der Waals surface area contributed by atoms with E-state index in [0.29, 0.717) is 6.42 Å². The molecule has 1 aliphatic heterocycles. The maximum atomic E-state index is 11.5. The predicted octanol–water partition coefficient (Wildman–Crippen LogP) is -0.647. The molecule has 1 aliphatic rings. The molecule has 4 N–H and O–H groups in total. The Morgan fingerprint density at radius 2 is 2.16 bits per heavy atom. The van der Waals surface area contributed by atoms with Crippen LogP contribution in [0.3, 0.4) is 0 Å². The van der Waals surface area contributed by atoms with Crippen LogP contribution in [0, 0.1) is 12.8 Å². The van der Waals surface area contributed by atoms with Crippen LogP contribution in [0.15, 0.2) is 17.1 Å². The number of aromatic nitrogens is 2. The molecule has 2 heterocycles. The zero-order valence-electron chi connectivity index (χ0n) is 10.8. The molecule has 0 radical (unpaired) electrons. The van der Waals surface area contributed by atoms with Gasteiger partial charge in [-0.2, -0.15) is 4.98 Å². The Bertz CT molecular complexity index is 444. The molecule has 106 valence electrons. The van der Waals surface area contributed by atoms with Crippen LogP contribution in [0.5, 0.6) is 0 Å². The predicted molar refractivity (Wildman–Crippen MR) is 71.2 cm³/mol. The Hall–Kier alpha value is -1.88. The number of ether oxygens (including phenoxy) is 1. The molecule has 1 fully saturated rings. The van der Waals surface area contributed by atoms with Crippen LogP contribution in [0.2, 0.25) is 0 Å². The summed E-state index contributed by atoms with van der Waals surface area (Å²) >= 11 is 0. The van der Waals surface area contributed by atoms with Gasteiger partial charge in [0.1, 0.15) is 12.0 Å². The summed E-state index contributed by atoms with van der Waals surface area (Å²) in [6, 6.07) is 1.55. The van der Waals surface area contributed by atoms with Crippen molar-refractivity contribution in [2.24, 2.45) is 0 Å². The molecule has 1 aromatic rings. The SMILES string of the molecule is C#C.CO.Nc1ccn(C2CCC(CO)O2)c(=O)n1. The van der Waals surface area contributed by atoms with E-state index < -0.39 is 5.69 Å². The van der Waals surface area contributed by atoms with E-state index in [1.165, 1.54) is 4.57 Å². The Morgan fingerprint density at radius 3 is 2.63 bits per heavy atom. The fraction of sp³-hybridized carbons (Fsp3) is 0.500. The number of hydrogen-bond acceptors (Lipinski definition) is 6. The van der Waals surface area contributed by atoms with E-state index in [0.717, 1.165) is 13.5 Å². The molecule has 0 spiro atoms. The monoisotopic (exact) mass is 269 g/mol. The van der Waals surface area contributed by atoms with Crippen molar-refractivity contribution in [2.45, 2.75) is 25.2 Å². The number of rotatable bonds is 2. The van der Waals surface area contributed by atoms with Crippen molar-refractivity contribution in [3.8, 4) is 12.8 Å². The largest absolute Gasteiger partial charge is 0.400 e. The molecule has 19 heavy (non-hydrogen) atoms. The van der Waals surface area contributed by atoms with Gasteiger partial charge in [0.2, 0.25) is 0 Å². The Balaban J connectivity index is 0.000000741. The number of nitrogens with zero attached hydrogens (tertiary/aromatic N) is 2. The lowest BCUT2D eigenvalue weighted by Crippen LogP contribution is -2.27. The first-order valence-electron chi connectivity index (χ1n) is 5.59. The van der Waals surface area contributed by atoms with Crippen molar-refractivity contribution in [1.82, 2.24) is 9.55 Å². The van der Waals surface area contributed by atoms with Gasteiger partial charge < -0.3 is 20.7 Å². The third-order valence-electron chi connectivity index (χ3n) is 2.45. The lowest BCUT2D eigenvalue weighted by molar-refractivity contribution is -0.0245. The number of hydrogen-bond donors (Lipinski definition) is 3. The summed E-state index contributed by atoms with van der Waals surface area (Å²) in [5.74, 6) is 0.202. The second kappa shape index (κ2) is 9.10. The Kier molecular flexibility index (Phi) is 8.20. The number of nitrogen functional groups attached to an aromatic ring is 1. The van der Waals surface area contributed by atoms with E-state index in [4.69, 9.17) is 20.7 Å². The Morgan fingerprint density at radius 1 is 1.53 bits per heavy atom. The van der Waals surface area contributed by atoms with Crippen LogP contribution in [-0.2, 0) is 4.74 Å². The summed E-state index contributed by atoms with van der Waals surface area (Å²) in [4.78, 5) is 15.1. The van der Waals surface area contributed by atoms with E-state index >= 15 is 0 Å². The minimum Gasteiger partial charge on any atom is -0.400 e. The third-order valence-corrected chi connectivity index (χ3v) is 2.45. The highest BCUT2D eigenvalue weighted by molar-refractivity contribution is 5.23. The van der Waals surface area contributed by atoms with Gasteiger partial charge in [0.25, 0.3) is 0 Å². The molecule has 0 saturated carbocycles. The van der Waals surface area contributed by atoms with Crippen molar-refractivity contribution in [3.05, 3.63) is 22.7 Å². The summed E-state index contributed by atoms with van der Waals surface area (Å²) in [5, 5.41) is 15.9. The van der Waals surface area contributed by atoms with Crippen LogP contribution in [0.25, 0.3) is 0 Å². The zero-order valence-corrected chi connectivity index (χ0v) is 10.8. The van der Waals surface area contributed by atoms with Crippen LogP contribution in [0.1, 0.15) is 19.1 Å². The molecule has 0 aromatic carbocycles. The van der Waals surface area contributed by atoms with Gasteiger partial charge in [-0.15, -0.1) is 12.8 Å². The maximum absolute atomic E-state index is 11.5. The molecule has 2 rings (SSSR count). The van der Waals surface area contributed by atoms with Crippen molar-refractivity contribution < 1.29 is 14.9 Å². The van der Waals surface area contributed by atoms with Gasteiger partial charge in [-0.25, -0.2) is 4.79 Å². The van der Waals surface area contributed by atoms with E-state index in [1.54, 1.807) is 12.3 Å². The molecule has 1 aromatic heterocycles. The van der Waals surface area contributed by atoms with Crippen LogP contribution >= 0.6 is 0 Å². The maximum Gasteiger partial charge on any atom is 0.351 e. The molecule has 2 atom stereocenters. The molecule has 0 amide bonds. The molecule has 7 nitrogen and oxygen atoms in total. The van der Waals surface area contributed by atoms with E-state index in [1.807, 2.05) is 0 Å². The first-order valence-corrected chi connectivity index (χ1v) is 5.59. The fourth-order valence-electron chi connectivity index (χ4n) is 1.67. The van der Waals surface area contributed by atoms with Gasteiger partial charge in [-0.1, -0.05) is 0 Å². The van der Waals surface area contributed by atoms with Crippen LogP contribution < -0.4 is 11.4 Å². The highest BCUT2D eigenvalue weighted by Gasteiger charge is 2.26. The quantitative estimate of drug-likeness (QED) is 0.615. The van der Waals surface area contributed by atoms with E-state index in [-0.39, 0.29) is 24.8 Å². The third kappa shape index (κ3) is 4.71. The standard InChI is InChI=1S/C9H13N3O3.C2H2.CH4O/c10-7-3-4-12(9(14)11-7)8-2-1-6(5-13)15-8;2*1-2/h3-4,6,8,13H,1-2,5H2,(H2,10,11,14);1-2H;2H,1H3. The van der Waals surface area contributed by atoms with Crippen LogP contribution in [-0.4, -0.2) is 39.6 Å². The first kappa shape index (κ1) is 17.1. The summed E-state index contributed by atoms with van der Waals surface area (Å²) in [7, 11) is 1.00. The molecule has 0 aliphatic carbocycles. The Labute approximate surface area is 111 Å². The summed E-state index contributed by atoms with van der Waals surface area (Å²) in [6.45, 7) is -0.0202. The van der Waals surface area contributed by atoms with E-state index in [9.17, 15) is 4.79 Å². The number of terminal acetylenes is 1. The highest BCUT2D eigenvalue weighted by atomic mass is 16.5. The van der Waals surface area contributed by atoms with Crippen molar-refractivity contribution in [2.75, 3.05) is 19.5 Å². The second-order valence-electron chi connectivity index (χ2n) is 3.51. The smallest absolute Gasteiger partial charge is 0.351 e. The number of nitrogens with two attached hydrogens (primary N) is 1. The molecular formula is C12H19N3O4. The summed E-state index contributed by atoms with van der Waals surface area (Å²) in [6.07, 6.45) is 10.5. The summed E-state index contributed by atoms with van der Waals surface area (Å²) in [5.41, 5.74) is 4.96. The minimum atomic E-state index is -0.418. The lowest BCUT2D eigenvalue weighted by atomic mass is 10.2. The van der Waals surface area contributed by atoms with Gasteiger partial charge in [-0.05, 0) is 18.9 Å². The van der Waals surface area contributed by atoms with E-state index in [2.05, 4.69) is 17.8 Å². The number of aliphatic hydroxyl groups excluding tert-OH is 2. The van der Waals surface area contributed by atoms with Gasteiger partial charge >= 0.3 is 5.69 Å². The normalized spacial score (nSPS) is 20.7. The van der Waals surface area contributed by atoms with Gasteiger partial charge in [0.05, 0.1) is 12.7 Å². The second-order valence-corrected chi connectivity index (χ2v) is 3.51. The average Bonchev–Trinajstić information content (AvgIpc) is 2.92. The zero-order chi connectivity index (χ0) is 14.8. The first-order chi connectivity index (χ1) is 9.20. The van der Waals surface area contributed by atoms with Crippen molar-refractivity contribution in [3.63, 3.8) is 0 Å². The minimum absolute atomic E-state index is 0.0202. The average molecular weight is 269 g/mol. The molecule has 0 bridgehead atoms. The molecular weight excluding hydrogens is 250 g/mol. The van der Waals surface area contributed by atoms with Gasteiger partial charge in [0, 0.05) is 13.3 Å². The van der Waals surface area contributed by atoms with Crippen molar-refractivity contribution >= 4 is 5.82 Å². The highest BCUT2D eigenvalue weighted by Crippen LogP contribution is 2.26. The lowest BCUT2D eigenvalue weighted by Gasteiger charge is -2.14. The fourth-order valence-corrected chi connectivity index (χ4v) is 1.67. The molecule has 7 heteroatoms. The van der Waals surface area contributed by atoms with Crippen molar-refractivity contribution in [1.29, 1.82) is 0 Å². The van der Waals surface area contributed by atoms with Gasteiger partial charge in [-0.3, -0.25) is 4.57 Å². The number of aliphatic hydroxyl groups is 2. The topological polar surface area (TPSA) is 111 Å². The number of anilines is 1.